The highest BCUT2D eigenvalue weighted by Crippen LogP contribution is 2.57. The minimum absolute atomic E-state index is 0.793. The predicted molar refractivity (Wildman–Crippen MR) is 47.6 cm³/mol. The van der Waals surface area contributed by atoms with Crippen molar-refractivity contribution in [3.63, 3.8) is 0 Å². The van der Waals surface area contributed by atoms with Crippen LogP contribution in [0.4, 0.5) is 0 Å². The molecule has 1 nitrogen and oxygen atoms in total. The fourth-order valence-corrected chi connectivity index (χ4v) is 2.84. The summed E-state index contributed by atoms with van der Waals surface area (Å²) in [5.74, 6) is 0. The van der Waals surface area contributed by atoms with E-state index >= 15 is 0 Å². The van der Waals surface area contributed by atoms with Crippen LogP contribution in [0, 0.1) is 5.41 Å². The van der Waals surface area contributed by atoms with Crippen LogP contribution in [0.25, 0.3) is 0 Å². The van der Waals surface area contributed by atoms with Crippen molar-refractivity contribution in [2.75, 3.05) is 14.1 Å². The summed E-state index contributed by atoms with van der Waals surface area (Å²) in [4.78, 5) is 2.45. The Morgan fingerprint density at radius 3 is 2.27 bits per heavy atom. The van der Waals surface area contributed by atoms with E-state index in [0.717, 1.165) is 11.5 Å². The Bertz CT molecular complexity index is 147. The van der Waals surface area contributed by atoms with Crippen LogP contribution >= 0.6 is 0 Å². The lowest BCUT2D eigenvalue weighted by Crippen LogP contribution is -2.38. The highest BCUT2D eigenvalue weighted by molar-refractivity contribution is 5.03. The number of hydrogen-bond donors (Lipinski definition) is 0. The molecule has 2 aliphatic carbocycles. The van der Waals surface area contributed by atoms with Gasteiger partial charge < -0.3 is 4.90 Å². The van der Waals surface area contributed by atoms with Gasteiger partial charge in [0.1, 0.15) is 0 Å². The molecule has 0 amide bonds. The van der Waals surface area contributed by atoms with Crippen molar-refractivity contribution in [2.24, 2.45) is 5.41 Å². The molecule has 1 spiro atoms. The quantitative estimate of drug-likeness (QED) is 0.558. The maximum absolute atomic E-state index is 2.45. The summed E-state index contributed by atoms with van der Waals surface area (Å²) in [6.45, 7) is 0. The summed E-state index contributed by atoms with van der Waals surface area (Å²) in [6, 6.07) is 0.913. The van der Waals surface area contributed by atoms with Crippen LogP contribution in [-0.4, -0.2) is 25.0 Å². The summed E-state index contributed by atoms with van der Waals surface area (Å²) in [7, 11) is 4.49. The first-order valence-electron chi connectivity index (χ1n) is 4.91. The van der Waals surface area contributed by atoms with E-state index in [1.807, 2.05) is 0 Å². The van der Waals surface area contributed by atoms with Crippen molar-refractivity contribution in [3.8, 4) is 0 Å². The fraction of sp³-hybridized carbons (Fsp3) is 1.00. The second-order valence-corrected chi connectivity index (χ2v) is 4.59. The third kappa shape index (κ3) is 1.20. The van der Waals surface area contributed by atoms with E-state index in [1.54, 1.807) is 0 Å². The van der Waals surface area contributed by atoms with Crippen LogP contribution in [0.15, 0.2) is 0 Å². The van der Waals surface area contributed by atoms with E-state index < -0.39 is 0 Å². The normalized spacial score (nSPS) is 34.6. The molecule has 64 valence electrons. The molecule has 2 rings (SSSR count). The third-order valence-electron chi connectivity index (χ3n) is 3.62. The summed E-state index contributed by atoms with van der Waals surface area (Å²) in [6.07, 6.45) is 8.93. The van der Waals surface area contributed by atoms with E-state index in [1.165, 1.54) is 38.5 Å². The van der Waals surface area contributed by atoms with Crippen molar-refractivity contribution < 1.29 is 0 Å². The monoisotopic (exact) mass is 153 g/mol. The minimum atomic E-state index is 0.793. The molecule has 1 heteroatoms. The van der Waals surface area contributed by atoms with Gasteiger partial charge in [-0.25, -0.2) is 0 Å². The van der Waals surface area contributed by atoms with Crippen LogP contribution in [0.2, 0.25) is 0 Å². The molecule has 11 heavy (non-hydrogen) atoms. The SMILES string of the molecule is CN(C)[C@H]1CCCCC12CC2. The zero-order valence-corrected chi connectivity index (χ0v) is 7.77. The van der Waals surface area contributed by atoms with Gasteiger partial charge in [0.05, 0.1) is 0 Å². The van der Waals surface area contributed by atoms with Gasteiger partial charge in [0.25, 0.3) is 0 Å². The zero-order valence-electron chi connectivity index (χ0n) is 7.77. The molecule has 0 unspecified atom stereocenters. The molecule has 2 fully saturated rings. The lowest BCUT2D eigenvalue weighted by atomic mass is 9.81. The smallest absolute Gasteiger partial charge is 0.0146 e. The Labute approximate surface area is 69.8 Å². The predicted octanol–water partition coefficient (Wildman–Crippen LogP) is 2.27. The summed E-state index contributed by atoms with van der Waals surface area (Å²) >= 11 is 0. The number of hydrogen-bond acceptors (Lipinski definition) is 1. The van der Waals surface area contributed by atoms with E-state index in [2.05, 4.69) is 19.0 Å². The van der Waals surface area contributed by atoms with Gasteiger partial charge in [-0.15, -0.1) is 0 Å². The Balaban J connectivity index is 2.04. The van der Waals surface area contributed by atoms with Gasteiger partial charge in [-0.05, 0) is 45.2 Å². The largest absolute Gasteiger partial charge is 0.306 e. The van der Waals surface area contributed by atoms with E-state index in [-0.39, 0.29) is 0 Å². The second kappa shape index (κ2) is 2.48. The van der Waals surface area contributed by atoms with Crippen LogP contribution < -0.4 is 0 Å². The Hall–Kier alpha value is -0.0400. The number of rotatable bonds is 1. The topological polar surface area (TPSA) is 3.24 Å². The standard InChI is InChI=1S/C10H19N/c1-11(2)9-5-3-4-6-10(9)7-8-10/h9H,3-8H2,1-2H3/t9-/m0/s1. The molecule has 0 aromatic carbocycles. The van der Waals surface area contributed by atoms with Crippen molar-refractivity contribution in [3.05, 3.63) is 0 Å². The van der Waals surface area contributed by atoms with E-state index in [0.29, 0.717) is 0 Å². The molecule has 0 aromatic rings. The zero-order chi connectivity index (χ0) is 7.90. The van der Waals surface area contributed by atoms with Gasteiger partial charge in [0, 0.05) is 6.04 Å². The van der Waals surface area contributed by atoms with Gasteiger partial charge >= 0.3 is 0 Å². The van der Waals surface area contributed by atoms with Gasteiger partial charge in [-0.3, -0.25) is 0 Å². The Kier molecular flexibility index (Phi) is 1.71. The highest BCUT2D eigenvalue weighted by atomic mass is 15.1. The molecule has 0 aromatic heterocycles. The maximum atomic E-state index is 2.45. The second-order valence-electron chi connectivity index (χ2n) is 4.59. The first-order valence-corrected chi connectivity index (χ1v) is 4.91. The lowest BCUT2D eigenvalue weighted by Gasteiger charge is -2.36. The van der Waals surface area contributed by atoms with Crippen molar-refractivity contribution in [1.29, 1.82) is 0 Å². The van der Waals surface area contributed by atoms with Crippen molar-refractivity contribution in [1.82, 2.24) is 4.90 Å². The van der Waals surface area contributed by atoms with Crippen molar-refractivity contribution >= 4 is 0 Å². The third-order valence-corrected chi connectivity index (χ3v) is 3.62. The molecule has 0 bridgehead atoms. The molecule has 0 saturated heterocycles. The Morgan fingerprint density at radius 2 is 1.82 bits per heavy atom. The van der Waals surface area contributed by atoms with Crippen LogP contribution in [0.1, 0.15) is 38.5 Å². The average molecular weight is 153 g/mol. The molecule has 0 radical (unpaired) electrons. The highest BCUT2D eigenvalue weighted by Gasteiger charge is 2.50. The molecule has 0 heterocycles. The number of nitrogens with zero attached hydrogens (tertiary/aromatic N) is 1. The van der Waals surface area contributed by atoms with Gasteiger partial charge in [-0.2, -0.15) is 0 Å². The first kappa shape index (κ1) is 7.60. The van der Waals surface area contributed by atoms with Gasteiger partial charge in [-0.1, -0.05) is 12.8 Å². The fourth-order valence-electron chi connectivity index (χ4n) is 2.84. The summed E-state index contributed by atoms with van der Waals surface area (Å²) in [5.41, 5.74) is 0.793. The van der Waals surface area contributed by atoms with Crippen LogP contribution in [-0.2, 0) is 0 Å². The Morgan fingerprint density at radius 1 is 1.09 bits per heavy atom. The molecule has 2 aliphatic rings. The van der Waals surface area contributed by atoms with E-state index in [4.69, 9.17) is 0 Å². The van der Waals surface area contributed by atoms with Crippen LogP contribution in [0.3, 0.4) is 0 Å². The first-order chi connectivity index (χ1) is 5.25. The summed E-state index contributed by atoms with van der Waals surface area (Å²) < 4.78 is 0. The molecule has 0 N–H and O–H groups in total. The molecule has 0 aliphatic heterocycles. The maximum Gasteiger partial charge on any atom is 0.0146 e. The molecule has 1 atom stereocenters. The molecular formula is C10H19N. The van der Waals surface area contributed by atoms with Gasteiger partial charge in [0.15, 0.2) is 0 Å². The van der Waals surface area contributed by atoms with Crippen LogP contribution in [0.5, 0.6) is 0 Å². The minimum Gasteiger partial charge on any atom is -0.306 e. The van der Waals surface area contributed by atoms with Crippen molar-refractivity contribution in [2.45, 2.75) is 44.6 Å². The average Bonchev–Trinajstić information content (AvgIpc) is 2.70. The van der Waals surface area contributed by atoms with Gasteiger partial charge in [0.2, 0.25) is 0 Å². The van der Waals surface area contributed by atoms with E-state index in [9.17, 15) is 0 Å². The molecular weight excluding hydrogens is 134 g/mol. The molecule has 2 saturated carbocycles. The summed E-state index contributed by atoms with van der Waals surface area (Å²) in [5, 5.41) is 0. The lowest BCUT2D eigenvalue weighted by molar-refractivity contribution is 0.138.